The number of aromatic amines is 1. The second-order valence-electron chi connectivity index (χ2n) is 3.16. The van der Waals surface area contributed by atoms with Gasteiger partial charge in [-0.2, -0.15) is 0 Å². The van der Waals surface area contributed by atoms with E-state index in [0.29, 0.717) is 4.47 Å². The molecule has 0 saturated carbocycles. The van der Waals surface area contributed by atoms with Gasteiger partial charge >= 0.3 is 0 Å². The largest absolute Gasteiger partial charge is 0.342 e. The van der Waals surface area contributed by atoms with E-state index in [1.807, 2.05) is 0 Å². The van der Waals surface area contributed by atoms with Crippen molar-refractivity contribution < 1.29 is 8.78 Å². The van der Waals surface area contributed by atoms with E-state index in [2.05, 4.69) is 25.9 Å². The number of imidazole rings is 1. The van der Waals surface area contributed by atoms with Crippen molar-refractivity contribution in [1.82, 2.24) is 9.97 Å². The average Bonchev–Trinajstić information content (AvgIpc) is 2.49. The van der Waals surface area contributed by atoms with Crippen LogP contribution in [0.1, 0.15) is 5.69 Å². The summed E-state index contributed by atoms with van der Waals surface area (Å²) >= 11 is 3.01. The molecule has 1 aromatic heterocycles. The van der Waals surface area contributed by atoms with Gasteiger partial charge in [-0.1, -0.05) is 15.9 Å². The minimum atomic E-state index is -0.642. The number of halogens is 3. The molecular formula is C10H7BrF2N2. The van der Waals surface area contributed by atoms with E-state index in [1.165, 1.54) is 18.3 Å². The van der Waals surface area contributed by atoms with Crippen molar-refractivity contribution in [3.63, 3.8) is 0 Å². The Morgan fingerprint density at radius 3 is 2.33 bits per heavy atom. The van der Waals surface area contributed by atoms with Crippen LogP contribution < -0.4 is 0 Å². The van der Waals surface area contributed by atoms with Crippen molar-refractivity contribution in [2.45, 2.75) is 6.92 Å². The average molecular weight is 273 g/mol. The quantitative estimate of drug-likeness (QED) is 0.847. The lowest BCUT2D eigenvalue weighted by molar-refractivity contribution is 0.586. The molecule has 0 aliphatic rings. The van der Waals surface area contributed by atoms with Crippen LogP contribution in [0.5, 0.6) is 0 Å². The fourth-order valence-corrected chi connectivity index (χ4v) is 1.71. The van der Waals surface area contributed by atoms with E-state index in [0.717, 1.165) is 5.69 Å². The topological polar surface area (TPSA) is 28.7 Å². The maximum absolute atomic E-state index is 13.5. The van der Waals surface area contributed by atoms with Gasteiger partial charge < -0.3 is 4.98 Å². The van der Waals surface area contributed by atoms with Crippen LogP contribution in [0, 0.1) is 18.6 Å². The Hall–Kier alpha value is -1.23. The molecule has 0 aliphatic heterocycles. The van der Waals surface area contributed by atoms with Gasteiger partial charge in [0.15, 0.2) is 0 Å². The molecule has 5 heteroatoms. The molecule has 0 bridgehead atoms. The summed E-state index contributed by atoms with van der Waals surface area (Å²) in [6.45, 7) is 1.77. The van der Waals surface area contributed by atoms with Crippen LogP contribution in [0.15, 0.2) is 22.8 Å². The van der Waals surface area contributed by atoms with Crippen LogP contribution in [-0.4, -0.2) is 9.97 Å². The molecule has 2 aromatic rings. The third-order valence-electron chi connectivity index (χ3n) is 1.95. The van der Waals surface area contributed by atoms with E-state index in [1.54, 1.807) is 6.92 Å². The molecule has 0 atom stereocenters. The predicted octanol–water partition coefficient (Wildman–Crippen LogP) is 3.43. The molecule has 0 fully saturated rings. The minimum Gasteiger partial charge on any atom is -0.342 e. The highest BCUT2D eigenvalue weighted by Gasteiger charge is 2.14. The first kappa shape index (κ1) is 10.3. The maximum Gasteiger partial charge on any atom is 0.143 e. The van der Waals surface area contributed by atoms with Gasteiger partial charge in [0.05, 0.1) is 5.56 Å². The summed E-state index contributed by atoms with van der Waals surface area (Å²) in [5.41, 5.74) is 0.623. The first-order valence-electron chi connectivity index (χ1n) is 4.24. The fourth-order valence-electron chi connectivity index (χ4n) is 1.31. The maximum atomic E-state index is 13.5. The molecule has 0 saturated heterocycles. The van der Waals surface area contributed by atoms with Crippen LogP contribution in [0.25, 0.3) is 11.4 Å². The van der Waals surface area contributed by atoms with Crippen LogP contribution in [-0.2, 0) is 0 Å². The number of hydrogen-bond acceptors (Lipinski definition) is 1. The van der Waals surface area contributed by atoms with Gasteiger partial charge in [0.2, 0.25) is 0 Å². The molecule has 0 unspecified atom stereocenters. The summed E-state index contributed by atoms with van der Waals surface area (Å²) in [6, 6.07) is 2.41. The zero-order valence-electron chi connectivity index (χ0n) is 7.81. The Morgan fingerprint density at radius 1 is 1.27 bits per heavy atom. The lowest BCUT2D eigenvalue weighted by Crippen LogP contribution is -1.92. The Kier molecular flexibility index (Phi) is 2.56. The molecule has 1 aromatic carbocycles. The van der Waals surface area contributed by atoms with Gasteiger partial charge in [-0.15, -0.1) is 0 Å². The third kappa shape index (κ3) is 1.92. The minimum absolute atomic E-state index is 0.133. The zero-order chi connectivity index (χ0) is 11.0. The van der Waals surface area contributed by atoms with Crippen LogP contribution in [0.2, 0.25) is 0 Å². The molecule has 2 rings (SSSR count). The zero-order valence-corrected chi connectivity index (χ0v) is 9.40. The molecule has 1 heterocycles. The number of hydrogen-bond donors (Lipinski definition) is 1. The first-order chi connectivity index (χ1) is 7.08. The SMILES string of the molecule is Cc1cnc(-c2c(F)cc(Br)cc2F)[nH]1. The number of nitrogens with zero attached hydrogens (tertiary/aromatic N) is 1. The highest BCUT2D eigenvalue weighted by atomic mass is 79.9. The number of benzene rings is 1. The molecule has 15 heavy (non-hydrogen) atoms. The van der Waals surface area contributed by atoms with Crippen molar-refractivity contribution in [3.05, 3.63) is 40.1 Å². The first-order valence-corrected chi connectivity index (χ1v) is 5.04. The Balaban J connectivity index is 2.62. The summed E-state index contributed by atoms with van der Waals surface area (Å²) in [6.07, 6.45) is 1.52. The van der Waals surface area contributed by atoms with Crippen molar-refractivity contribution >= 4 is 15.9 Å². The summed E-state index contributed by atoms with van der Waals surface area (Å²) in [4.78, 5) is 6.67. The van der Waals surface area contributed by atoms with Gasteiger partial charge in [0.1, 0.15) is 17.5 Å². The second-order valence-corrected chi connectivity index (χ2v) is 4.07. The van der Waals surface area contributed by atoms with E-state index in [9.17, 15) is 8.78 Å². The molecule has 78 valence electrons. The Bertz CT molecular complexity index is 485. The number of aryl methyl sites for hydroxylation is 1. The van der Waals surface area contributed by atoms with Crippen molar-refractivity contribution in [2.24, 2.45) is 0 Å². The van der Waals surface area contributed by atoms with Crippen molar-refractivity contribution in [1.29, 1.82) is 0 Å². The van der Waals surface area contributed by atoms with Gasteiger partial charge in [-0.25, -0.2) is 13.8 Å². The van der Waals surface area contributed by atoms with Crippen molar-refractivity contribution in [2.75, 3.05) is 0 Å². The summed E-state index contributed by atoms with van der Waals surface area (Å²) < 4.78 is 27.3. The van der Waals surface area contributed by atoms with Gasteiger partial charge in [-0.05, 0) is 19.1 Å². The molecule has 1 N–H and O–H groups in total. The molecule has 0 spiro atoms. The van der Waals surface area contributed by atoms with Gasteiger partial charge in [0.25, 0.3) is 0 Å². The normalized spacial score (nSPS) is 10.7. The smallest absolute Gasteiger partial charge is 0.143 e. The van der Waals surface area contributed by atoms with E-state index in [4.69, 9.17) is 0 Å². The number of H-pyrrole nitrogens is 1. The van der Waals surface area contributed by atoms with Crippen molar-refractivity contribution in [3.8, 4) is 11.4 Å². The third-order valence-corrected chi connectivity index (χ3v) is 2.40. The second kappa shape index (κ2) is 3.73. The monoisotopic (exact) mass is 272 g/mol. The molecule has 2 nitrogen and oxygen atoms in total. The van der Waals surface area contributed by atoms with E-state index >= 15 is 0 Å². The molecule has 0 aliphatic carbocycles. The molecule has 0 amide bonds. The van der Waals surface area contributed by atoms with Crippen LogP contribution in [0.4, 0.5) is 8.78 Å². The van der Waals surface area contributed by atoms with Crippen LogP contribution in [0.3, 0.4) is 0 Å². The lowest BCUT2D eigenvalue weighted by Gasteiger charge is -2.02. The number of aromatic nitrogens is 2. The summed E-state index contributed by atoms with van der Waals surface area (Å²) in [7, 11) is 0. The highest BCUT2D eigenvalue weighted by Crippen LogP contribution is 2.26. The summed E-state index contributed by atoms with van der Waals surface area (Å²) in [5.74, 6) is -1.08. The Morgan fingerprint density at radius 2 is 1.87 bits per heavy atom. The Labute approximate surface area is 93.5 Å². The van der Waals surface area contributed by atoms with E-state index < -0.39 is 11.6 Å². The number of rotatable bonds is 1. The standard InChI is InChI=1S/C10H7BrF2N2/c1-5-4-14-10(15-5)9-7(12)2-6(11)3-8(9)13/h2-4H,1H3,(H,14,15). The van der Waals surface area contributed by atoms with Gasteiger partial charge in [0, 0.05) is 16.4 Å². The van der Waals surface area contributed by atoms with Crippen LogP contribution >= 0.6 is 15.9 Å². The lowest BCUT2D eigenvalue weighted by atomic mass is 10.2. The van der Waals surface area contributed by atoms with E-state index in [-0.39, 0.29) is 11.4 Å². The van der Waals surface area contributed by atoms with Gasteiger partial charge in [-0.3, -0.25) is 0 Å². The predicted molar refractivity (Wildman–Crippen MR) is 56.4 cm³/mol. The number of nitrogens with one attached hydrogen (secondary N) is 1. The molecule has 0 radical (unpaired) electrons. The summed E-state index contributed by atoms with van der Waals surface area (Å²) in [5, 5.41) is 0. The molecular weight excluding hydrogens is 266 g/mol. The fraction of sp³-hybridized carbons (Fsp3) is 0.100. The highest BCUT2D eigenvalue weighted by molar-refractivity contribution is 9.10.